The first kappa shape index (κ1) is 14.5. The van der Waals surface area contributed by atoms with Gasteiger partial charge in [-0.3, -0.25) is 4.79 Å². The summed E-state index contributed by atoms with van der Waals surface area (Å²) in [4.78, 5) is 14.5. The number of rotatable bonds is 2. The molecule has 2 rings (SSSR count). The SMILES string of the molecule is Cc1ccc(C(=O)c2ccc(C(C)(C)C)s2)cc1Br. The number of carbonyl (C=O) groups excluding carboxylic acids is 1. The van der Waals surface area contributed by atoms with E-state index in [0.29, 0.717) is 0 Å². The molecule has 1 aromatic carbocycles. The van der Waals surface area contributed by atoms with Crippen LogP contribution in [-0.2, 0) is 5.41 Å². The third-order valence-electron chi connectivity index (χ3n) is 3.00. The van der Waals surface area contributed by atoms with Crippen molar-refractivity contribution in [2.75, 3.05) is 0 Å². The highest BCUT2D eigenvalue weighted by molar-refractivity contribution is 9.10. The van der Waals surface area contributed by atoms with Gasteiger partial charge in [0.2, 0.25) is 5.78 Å². The molecule has 3 heteroatoms. The summed E-state index contributed by atoms with van der Waals surface area (Å²) in [7, 11) is 0. The smallest absolute Gasteiger partial charge is 0.202 e. The maximum Gasteiger partial charge on any atom is 0.202 e. The van der Waals surface area contributed by atoms with Crippen molar-refractivity contribution < 1.29 is 4.79 Å². The summed E-state index contributed by atoms with van der Waals surface area (Å²) < 4.78 is 0.978. The van der Waals surface area contributed by atoms with Gasteiger partial charge in [-0.2, -0.15) is 0 Å². The molecule has 100 valence electrons. The maximum atomic E-state index is 12.4. The molecule has 0 radical (unpaired) electrons. The standard InChI is InChI=1S/C16H17BrOS/c1-10-5-6-11(9-12(10)17)15(18)13-7-8-14(19-13)16(2,3)4/h5-9H,1-4H3. The van der Waals surface area contributed by atoms with Gasteiger partial charge in [0.15, 0.2) is 0 Å². The molecular weight excluding hydrogens is 320 g/mol. The molecule has 0 N–H and O–H groups in total. The molecule has 1 heterocycles. The van der Waals surface area contributed by atoms with Crippen LogP contribution in [0.4, 0.5) is 0 Å². The molecule has 0 spiro atoms. The summed E-state index contributed by atoms with van der Waals surface area (Å²) in [5, 5.41) is 0. The Balaban J connectivity index is 2.34. The second-order valence-corrected chi connectivity index (χ2v) is 7.65. The summed E-state index contributed by atoms with van der Waals surface area (Å²) in [6, 6.07) is 9.74. The minimum Gasteiger partial charge on any atom is -0.288 e. The van der Waals surface area contributed by atoms with Crippen molar-refractivity contribution in [2.45, 2.75) is 33.1 Å². The number of hydrogen-bond acceptors (Lipinski definition) is 2. The van der Waals surface area contributed by atoms with Crippen molar-refractivity contribution in [1.29, 1.82) is 0 Å². The van der Waals surface area contributed by atoms with E-state index in [9.17, 15) is 4.79 Å². The second kappa shape index (κ2) is 5.22. The van der Waals surface area contributed by atoms with Crippen LogP contribution in [0.3, 0.4) is 0 Å². The van der Waals surface area contributed by atoms with Gasteiger partial charge in [-0.1, -0.05) is 48.8 Å². The predicted octanol–water partition coefficient (Wildman–Crippen LogP) is 5.35. The molecule has 0 bridgehead atoms. The van der Waals surface area contributed by atoms with Crippen LogP contribution in [0, 0.1) is 6.92 Å². The van der Waals surface area contributed by atoms with E-state index in [0.717, 1.165) is 20.5 Å². The lowest BCUT2D eigenvalue weighted by atomic mass is 9.95. The van der Waals surface area contributed by atoms with E-state index in [-0.39, 0.29) is 11.2 Å². The van der Waals surface area contributed by atoms with E-state index in [1.807, 2.05) is 31.2 Å². The zero-order valence-electron chi connectivity index (χ0n) is 11.6. The Morgan fingerprint density at radius 1 is 1.16 bits per heavy atom. The number of hydrogen-bond donors (Lipinski definition) is 0. The molecule has 0 aliphatic carbocycles. The summed E-state index contributed by atoms with van der Waals surface area (Å²) in [6.07, 6.45) is 0. The van der Waals surface area contributed by atoms with E-state index in [2.05, 4.69) is 42.8 Å². The molecule has 0 aliphatic rings. The van der Waals surface area contributed by atoms with Crippen molar-refractivity contribution in [3.8, 4) is 0 Å². The van der Waals surface area contributed by atoms with Crippen molar-refractivity contribution >= 4 is 33.0 Å². The van der Waals surface area contributed by atoms with Crippen LogP contribution in [0.1, 0.15) is 46.4 Å². The number of ketones is 1. The van der Waals surface area contributed by atoms with Crippen LogP contribution in [0.15, 0.2) is 34.8 Å². The topological polar surface area (TPSA) is 17.1 Å². The van der Waals surface area contributed by atoms with Crippen LogP contribution in [0.25, 0.3) is 0 Å². The Bertz CT molecular complexity index is 620. The Kier molecular flexibility index (Phi) is 3.98. The maximum absolute atomic E-state index is 12.4. The highest BCUT2D eigenvalue weighted by Crippen LogP contribution is 2.31. The predicted molar refractivity (Wildman–Crippen MR) is 85.3 cm³/mol. The lowest BCUT2D eigenvalue weighted by molar-refractivity contribution is 0.104. The van der Waals surface area contributed by atoms with Gasteiger partial charge >= 0.3 is 0 Å². The first-order chi connectivity index (χ1) is 8.79. The van der Waals surface area contributed by atoms with Gasteiger partial charge in [0, 0.05) is 14.9 Å². The second-order valence-electron chi connectivity index (χ2n) is 5.71. The monoisotopic (exact) mass is 336 g/mol. The van der Waals surface area contributed by atoms with Gasteiger partial charge in [-0.15, -0.1) is 11.3 Å². The fourth-order valence-corrected chi connectivity index (χ4v) is 3.14. The molecule has 0 saturated heterocycles. The van der Waals surface area contributed by atoms with Crippen LogP contribution < -0.4 is 0 Å². The lowest BCUT2D eigenvalue weighted by Gasteiger charge is -2.15. The highest BCUT2D eigenvalue weighted by atomic mass is 79.9. The average Bonchev–Trinajstić information content (AvgIpc) is 2.81. The summed E-state index contributed by atoms with van der Waals surface area (Å²) >= 11 is 5.06. The molecule has 1 nitrogen and oxygen atoms in total. The number of benzene rings is 1. The van der Waals surface area contributed by atoms with E-state index in [1.165, 1.54) is 4.88 Å². The zero-order valence-corrected chi connectivity index (χ0v) is 14.0. The Labute approximate surface area is 126 Å². The van der Waals surface area contributed by atoms with E-state index < -0.39 is 0 Å². The normalized spacial score (nSPS) is 11.6. The Hall–Kier alpha value is -0.930. The molecule has 19 heavy (non-hydrogen) atoms. The lowest BCUT2D eigenvalue weighted by Crippen LogP contribution is -2.08. The van der Waals surface area contributed by atoms with Crippen LogP contribution in [0.2, 0.25) is 0 Å². The van der Waals surface area contributed by atoms with Crippen LogP contribution in [0.5, 0.6) is 0 Å². The molecule has 0 unspecified atom stereocenters. The van der Waals surface area contributed by atoms with Gasteiger partial charge in [-0.05, 0) is 36.1 Å². The zero-order chi connectivity index (χ0) is 14.2. The number of carbonyl (C=O) groups is 1. The quantitative estimate of drug-likeness (QED) is 0.675. The summed E-state index contributed by atoms with van der Waals surface area (Å²) in [6.45, 7) is 8.50. The fourth-order valence-electron chi connectivity index (χ4n) is 1.74. The van der Waals surface area contributed by atoms with Crippen LogP contribution >= 0.6 is 27.3 Å². The average molecular weight is 337 g/mol. The van der Waals surface area contributed by atoms with Gasteiger partial charge < -0.3 is 0 Å². The molecule has 1 aromatic heterocycles. The third kappa shape index (κ3) is 3.15. The van der Waals surface area contributed by atoms with E-state index in [1.54, 1.807) is 11.3 Å². The molecule has 0 amide bonds. The Morgan fingerprint density at radius 3 is 2.37 bits per heavy atom. The van der Waals surface area contributed by atoms with Gasteiger partial charge in [-0.25, -0.2) is 0 Å². The van der Waals surface area contributed by atoms with Gasteiger partial charge in [0.1, 0.15) is 0 Å². The third-order valence-corrected chi connectivity index (χ3v) is 5.37. The Morgan fingerprint density at radius 2 is 1.84 bits per heavy atom. The van der Waals surface area contributed by atoms with Crippen molar-refractivity contribution in [3.63, 3.8) is 0 Å². The van der Waals surface area contributed by atoms with Crippen LogP contribution in [-0.4, -0.2) is 5.78 Å². The first-order valence-corrected chi connectivity index (χ1v) is 7.81. The molecule has 2 aromatic rings. The highest BCUT2D eigenvalue weighted by Gasteiger charge is 2.19. The first-order valence-electron chi connectivity index (χ1n) is 6.20. The van der Waals surface area contributed by atoms with Crippen molar-refractivity contribution in [2.24, 2.45) is 0 Å². The number of halogens is 1. The summed E-state index contributed by atoms with van der Waals surface area (Å²) in [5.41, 5.74) is 1.97. The fraction of sp³-hybridized carbons (Fsp3) is 0.312. The van der Waals surface area contributed by atoms with E-state index in [4.69, 9.17) is 0 Å². The molecule has 0 fully saturated rings. The largest absolute Gasteiger partial charge is 0.288 e. The molecular formula is C16H17BrOS. The number of thiophene rings is 1. The van der Waals surface area contributed by atoms with E-state index >= 15 is 0 Å². The van der Waals surface area contributed by atoms with Crippen molar-refractivity contribution in [1.82, 2.24) is 0 Å². The van der Waals surface area contributed by atoms with Gasteiger partial charge in [0.25, 0.3) is 0 Å². The van der Waals surface area contributed by atoms with Gasteiger partial charge in [0.05, 0.1) is 4.88 Å². The number of aryl methyl sites for hydroxylation is 1. The van der Waals surface area contributed by atoms with Crippen molar-refractivity contribution in [3.05, 3.63) is 55.7 Å². The molecule has 0 atom stereocenters. The summed E-state index contributed by atoms with van der Waals surface area (Å²) in [5.74, 6) is 0.0983. The molecule has 0 saturated carbocycles. The minimum absolute atomic E-state index is 0.0943. The minimum atomic E-state index is 0.0943. The molecule has 0 aliphatic heterocycles.